The lowest BCUT2D eigenvalue weighted by Gasteiger charge is -2.21. The smallest absolute Gasteiger partial charge is 0.173 e. The number of nitrogens with zero attached hydrogens (tertiary/aromatic N) is 1. The molecule has 0 aliphatic heterocycles. The minimum Gasteiger partial charge on any atom is -0.506 e. The number of aromatic hydroxyl groups is 1. The van der Waals surface area contributed by atoms with E-state index in [4.69, 9.17) is 12.2 Å². The molecule has 0 radical (unpaired) electrons. The fourth-order valence-electron chi connectivity index (χ4n) is 1.72. The van der Waals surface area contributed by atoms with Crippen LogP contribution in [-0.4, -0.2) is 29.3 Å². The molecule has 0 unspecified atom stereocenters. The van der Waals surface area contributed by atoms with Gasteiger partial charge >= 0.3 is 0 Å². The van der Waals surface area contributed by atoms with Crippen molar-refractivity contribution in [3.8, 4) is 5.75 Å². The summed E-state index contributed by atoms with van der Waals surface area (Å²) in [6.07, 6.45) is 4.86. The number of para-hydroxylation sites is 2. The van der Waals surface area contributed by atoms with Gasteiger partial charge in [-0.15, -0.1) is 0 Å². The molecule has 5 heteroatoms. The van der Waals surface area contributed by atoms with Gasteiger partial charge in [0.2, 0.25) is 0 Å². The van der Waals surface area contributed by atoms with Crippen LogP contribution in [0.3, 0.4) is 0 Å². The number of phenols is 1. The van der Waals surface area contributed by atoms with E-state index in [1.165, 1.54) is 19.3 Å². The molecule has 1 rings (SSSR count). The number of nitrogens with one attached hydrogen (secondary N) is 1. The van der Waals surface area contributed by atoms with Crippen LogP contribution in [-0.2, 0) is 0 Å². The van der Waals surface area contributed by atoms with E-state index in [2.05, 4.69) is 12.2 Å². The molecule has 1 aromatic rings. The largest absolute Gasteiger partial charge is 0.506 e. The van der Waals surface area contributed by atoms with E-state index in [0.717, 1.165) is 18.7 Å². The van der Waals surface area contributed by atoms with Crippen LogP contribution < -0.4 is 10.2 Å². The summed E-state index contributed by atoms with van der Waals surface area (Å²) in [5, 5.41) is 13.6. The highest BCUT2D eigenvalue weighted by molar-refractivity contribution is 7.80. The van der Waals surface area contributed by atoms with Crippen molar-refractivity contribution in [1.82, 2.24) is 5.32 Å². The Morgan fingerprint density at radius 2 is 2.00 bits per heavy atom. The van der Waals surface area contributed by atoms with Crippen LogP contribution in [0.1, 0.15) is 34.0 Å². The highest BCUT2D eigenvalue weighted by Gasteiger charge is 2.09. The van der Waals surface area contributed by atoms with Crippen molar-refractivity contribution in [2.45, 2.75) is 32.6 Å². The van der Waals surface area contributed by atoms with Crippen molar-refractivity contribution in [3.63, 3.8) is 0 Å². The highest BCUT2D eigenvalue weighted by atomic mass is 32.1. The topological polar surface area (TPSA) is 67.0 Å². The third-order valence-corrected chi connectivity index (χ3v) is 3.27. The molecule has 0 fully saturated rings. The number of benzene rings is 1. The Morgan fingerprint density at radius 1 is 1.32 bits per heavy atom. The van der Waals surface area contributed by atoms with Gasteiger partial charge in [-0.05, 0) is 30.8 Å². The molecule has 0 bridgehead atoms. The van der Waals surface area contributed by atoms with Crippen molar-refractivity contribution < 1.29 is 12.0 Å². The number of hydrogen-bond acceptors (Lipinski definition) is 2. The molecule has 0 amide bonds. The minimum atomic E-state index is 0. The highest BCUT2D eigenvalue weighted by Crippen LogP contribution is 2.25. The second-order valence-corrected chi connectivity index (χ2v) is 4.73. The van der Waals surface area contributed by atoms with Crippen molar-refractivity contribution in [2.75, 3.05) is 18.5 Å². The van der Waals surface area contributed by atoms with Gasteiger partial charge in [0.25, 0.3) is 0 Å². The first-order valence-corrected chi connectivity index (χ1v) is 6.87. The lowest BCUT2D eigenvalue weighted by Crippen LogP contribution is -2.37. The van der Waals surface area contributed by atoms with E-state index in [9.17, 15) is 5.11 Å². The molecule has 0 atom stereocenters. The number of phenolic OH excluding ortho intramolecular Hbond substituents is 1. The zero-order valence-electron chi connectivity index (χ0n) is 11.6. The molecule has 0 heterocycles. The summed E-state index contributed by atoms with van der Waals surface area (Å²) in [5.74, 6) is 0.245. The van der Waals surface area contributed by atoms with Crippen molar-refractivity contribution >= 4 is 23.0 Å². The van der Waals surface area contributed by atoms with E-state index in [0.29, 0.717) is 5.11 Å². The third kappa shape index (κ3) is 5.89. The minimum absolute atomic E-state index is 0. The lowest BCUT2D eigenvalue weighted by atomic mass is 10.2. The molecule has 4 N–H and O–H groups in total. The second-order valence-electron chi connectivity index (χ2n) is 4.34. The fourth-order valence-corrected chi connectivity index (χ4v) is 1.92. The Bertz CT molecular complexity index is 391. The molecule has 19 heavy (non-hydrogen) atoms. The Morgan fingerprint density at radius 3 is 2.63 bits per heavy atom. The fraction of sp³-hybridized carbons (Fsp3) is 0.500. The molecule has 0 saturated heterocycles. The summed E-state index contributed by atoms with van der Waals surface area (Å²) in [7, 11) is 1.86. The average molecular weight is 286 g/mol. The van der Waals surface area contributed by atoms with Gasteiger partial charge in [-0.1, -0.05) is 38.3 Å². The van der Waals surface area contributed by atoms with E-state index in [1.54, 1.807) is 17.0 Å². The van der Waals surface area contributed by atoms with Gasteiger partial charge in [0.1, 0.15) is 5.75 Å². The van der Waals surface area contributed by atoms with E-state index < -0.39 is 0 Å². The van der Waals surface area contributed by atoms with Gasteiger partial charge in [-0.2, -0.15) is 0 Å². The van der Waals surface area contributed by atoms with Crippen LogP contribution in [0.25, 0.3) is 0 Å². The molecule has 0 aliphatic rings. The number of rotatable bonds is 6. The predicted octanol–water partition coefficient (Wildman–Crippen LogP) is 2.70. The SMILES string of the molecule is CCCCCCNC(=S)N(C)c1ccccc1O.O.[HH]. The summed E-state index contributed by atoms with van der Waals surface area (Å²) >= 11 is 5.30. The normalized spacial score (nSPS) is 9.58. The van der Waals surface area contributed by atoms with Gasteiger partial charge in [-0.25, -0.2) is 0 Å². The van der Waals surface area contributed by atoms with Crippen LogP contribution in [0.4, 0.5) is 5.69 Å². The maximum atomic E-state index is 9.74. The first-order valence-electron chi connectivity index (χ1n) is 6.46. The molecule has 4 nitrogen and oxygen atoms in total. The van der Waals surface area contributed by atoms with Crippen LogP contribution in [0.2, 0.25) is 0 Å². The van der Waals surface area contributed by atoms with Gasteiger partial charge in [0.05, 0.1) is 5.69 Å². The third-order valence-electron chi connectivity index (χ3n) is 2.85. The number of hydrogen-bond donors (Lipinski definition) is 2. The first kappa shape index (κ1) is 17.7. The molecule has 0 aliphatic carbocycles. The van der Waals surface area contributed by atoms with Crippen LogP contribution in [0.15, 0.2) is 24.3 Å². The summed E-state index contributed by atoms with van der Waals surface area (Å²) in [4.78, 5) is 1.80. The Hall–Kier alpha value is -1.33. The number of unbranched alkanes of at least 4 members (excludes halogenated alkanes) is 3. The predicted molar refractivity (Wildman–Crippen MR) is 87.0 cm³/mol. The quantitative estimate of drug-likeness (QED) is 0.623. The zero-order chi connectivity index (χ0) is 13.4. The van der Waals surface area contributed by atoms with Gasteiger partial charge in [0.15, 0.2) is 5.11 Å². The number of anilines is 1. The van der Waals surface area contributed by atoms with Gasteiger partial charge in [-0.3, -0.25) is 0 Å². The first-order chi connectivity index (χ1) is 8.66. The Kier molecular flexibility index (Phi) is 8.91. The van der Waals surface area contributed by atoms with E-state index in [1.807, 2.05) is 19.2 Å². The van der Waals surface area contributed by atoms with Crippen molar-refractivity contribution in [1.29, 1.82) is 0 Å². The molecule has 110 valence electrons. The summed E-state index contributed by atoms with van der Waals surface area (Å²) in [6, 6.07) is 7.19. The molecular weight excluding hydrogens is 260 g/mol. The Balaban J connectivity index is 0. The van der Waals surface area contributed by atoms with Crippen LogP contribution in [0, 0.1) is 0 Å². The summed E-state index contributed by atoms with van der Waals surface area (Å²) in [5.41, 5.74) is 0.726. The molecule has 0 spiro atoms. The molecule has 1 aromatic carbocycles. The summed E-state index contributed by atoms with van der Waals surface area (Å²) in [6.45, 7) is 3.08. The summed E-state index contributed by atoms with van der Waals surface area (Å²) < 4.78 is 0. The van der Waals surface area contributed by atoms with Crippen LogP contribution in [0.5, 0.6) is 5.75 Å². The molecule has 0 aromatic heterocycles. The molecule has 0 saturated carbocycles. The second kappa shape index (κ2) is 9.58. The van der Waals surface area contributed by atoms with Crippen LogP contribution >= 0.6 is 12.2 Å². The Labute approximate surface area is 122 Å². The van der Waals surface area contributed by atoms with E-state index >= 15 is 0 Å². The van der Waals surface area contributed by atoms with Gasteiger partial charge < -0.3 is 20.8 Å². The average Bonchev–Trinajstić information content (AvgIpc) is 2.38. The molecular formula is C14H26N2O2S. The maximum absolute atomic E-state index is 9.74. The van der Waals surface area contributed by atoms with Gasteiger partial charge in [0, 0.05) is 15.0 Å². The number of thiocarbonyl (C=S) groups is 1. The maximum Gasteiger partial charge on any atom is 0.173 e. The zero-order valence-corrected chi connectivity index (χ0v) is 12.5. The standard InChI is InChI=1S/C14H22N2OS.H2O.H2/c1-3-4-5-8-11-15-14(18)16(2)12-9-6-7-10-13(12)17;;/h6-7,9-10,17H,3-5,8,11H2,1-2H3,(H,15,18);1H2;1H. The lowest BCUT2D eigenvalue weighted by molar-refractivity contribution is 0.476. The van der Waals surface area contributed by atoms with E-state index in [-0.39, 0.29) is 12.7 Å². The monoisotopic (exact) mass is 286 g/mol. The van der Waals surface area contributed by atoms with Crippen molar-refractivity contribution in [2.24, 2.45) is 0 Å². The van der Waals surface area contributed by atoms with Crippen molar-refractivity contribution in [3.05, 3.63) is 24.3 Å².